The van der Waals surface area contributed by atoms with Crippen LogP contribution in [0.4, 0.5) is 23.8 Å². The first-order valence-electron chi connectivity index (χ1n) is 10.6. The smallest absolute Gasteiger partial charge is 0.449 e. The number of rotatable bonds is 7. The highest BCUT2D eigenvalue weighted by atomic mass is 32.1. The molecule has 0 bridgehead atoms. The molecule has 1 saturated heterocycles. The second-order valence-electron chi connectivity index (χ2n) is 7.73. The van der Waals surface area contributed by atoms with Crippen molar-refractivity contribution in [2.24, 2.45) is 0 Å². The van der Waals surface area contributed by atoms with E-state index in [1.54, 1.807) is 11.8 Å². The van der Waals surface area contributed by atoms with E-state index in [0.717, 1.165) is 23.1 Å². The third-order valence-electron chi connectivity index (χ3n) is 5.01. The molecule has 186 valence electrons. The second kappa shape index (κ2) is 10.4. The quantitative estimate of drug-likeness (QED) is 0.392. The number of methoxy groups -OCH3 is 1. The van der Waals surface area contributed by atoms with Gasteiger partial charge in [0, 0.05) is 18.0 Å². The number of nitrogens with one attached hydrogen (secondary N) is 3. The Labute approximate surface area is 198 Å². The minimum Gasteiger partial charge on any atom is -0.461 e. The number of amidine groups is 2. The van der Waals surface area contributed by atoms with Crippen molar-refractivity contribution in [1.82, 2.24) is 20.2 Å². The van der Waals surface area contributed by atoms with Crippen molar-refractivity contribution in [2.45, 2.75) is 38.9 Å². The van der Waals surface area contributed by atoms with E-state index in [-0.39, 0.29) is 44.1 Å². The summed E-state index contributed by atoms with van der Waals surface area (Å²) in [7, 11) is 1.25. The predicted molar refractivity (Wildman–Crippen MR) is 122 cm³/mol. The van der Waals surface area contributed by atoms with Crippen molar-refractivity contribution in [1.29, 1.82) is 10.8 Å². The summed E-state index contributed by atoms with van der Waals surface area (Å²) in [4.78, 5) is 24.4. The van der Waals surface area contributed by atoms with Gasteiger partial charge in [0.1, 0.15) is 23.1 Å². The zero-order valence-corrected chi connectivity index (χ0v) is 19.8. The fourth-order valence-electron chi connectivity index (χ4n) is 3.40. The average Bonchev–Trinajstić information content (AvgIpc) is 3.18. The van der Waals surface area contributed by atoms with Gasteiger partial charge in [-0.3, -0.25) is 10.8 Å². The summed E-state index contributed by atoms with van der Waals surface area (Å²) in [6.45, 7) is 3.65. The third-order valence-corrected chi connectivity index (χ3v) is 6.10. The van der Waals surface area contributed by atoms with Gasteiger partial charge in [-0.2, -0.15) is 23.1 Å². The maximum absolute atomic E-state index is 13.0. The maximum Gasteiger partial charge on any atom is 0.449 e. The summed E-state index contributed by atoms with van der Waals surface area (Å²) in [6.07, 6.45) is -3.66. The molecule has 1 unspecified atom stereocenters. The van der Waals surface area contributed by atoms with E-state index in [4.69, 9.17) is 15.6 Å². The number of alkyl carbamates (subject to hydrolysis) is 1. The van der Waals surface area contributed by atoms with E-state index < -0.39 is 18.1 Å². The topological polar surface area (TPSA) is 128 Å². The van der Waals surface area contributed by atoms with Gasteiger partial charge in [0.2, 0.25) is 5.84 Å². The zero-order valence-electron chi connectivity index (χ0n) is 19.0. The fourth-order valence-corrected chi connectivity index (χ4v) is 4.51. The number of nitrogens with zero attached hydrogens (tertiary/aromatic N) is 4. The first kappa shape index (κ1) is 25.5. The number of thiophene rings is 1. The van der Waals surface area contributed by atoms with Gasteiger partial charge in [0.15, 0.2) is 0 Å². The minimum atomic E-state index is -4.82. The fraction of sp³-hybridized carbons (Fsp3) is 0.550. The van der Waals surface area contributed by atoms with Crippen LogP contribution < -0.4 is 15.0 Å². The number of fused-ring (bicyclic) bond motifs is 1. The summed E-state index contributed by atoms with van der Waals surface area (Å²) < 4.78 is 49.2. The minimum absolute atomic E-state index is 0.0582. The van der Waals surface area contributed by atoms with Crippen LogP contribution in [0, 0.1) is 10.8 Å². The van der Waals surface area contributed by atoms with Gasteiger partial charge in [0.05, 0.1) is 25.1 Å². The molecule has 1 amide bonds. The number of ether oxygens (including phenoxy) is 2. The molecule has 10 nitrogen and oxygen atoms in total. The molecule has 1 fully saturated rings. The number of aromatic nitrogens is 2. The predicted octanol–water partition coefficient (Wildman–Crippen LogP) is 3.41. The van der Waals surface area contributed by atoms with Crippen LogP contribution >= 0.6 is 11.3 Å². The van der Waals surface area contributed by atoms with Crippen LogP contribution in [0.15, 0.2) is 6.07 Å². The molecule has 3 N–H and O–H groups in total. The van der Waals surface area contributed by atoms with Crippen molar-refractivity contribution >= 4 is 45.1 Å². The van der Waals surface area contributed by atoms with E-state index in [9.17, 15) is 18.0 Å². The molecule has 14 heteroatoms. The van der Waals surface area contributed by atoms with E-state index in [1.165, 1.54) is 18.4 Å². The molecule has 34 heavy (non-hydrogen) atoms. The van der Waals surface area contributed by atoms with E-state index in [0.29, 0.717) is 15.5 Å². The molecule has 0 spiro atoms. The third kappa shape index (κ3) is 5.85. The molecule has 0 aliphatic carbocycles. The lowest BCUT2D eigenvalue weighted by atomic mass is 10.2. The Morgan fingerprint density at radius 1 is 1.35 bits per heavy atom. The lowest BCUT2D eigenvalue weighted by Crippen LogP contribution is -2.55. The number of hydrogen-bond donors (Lipinski definition) is 3. The SMILES string of the molecule is CCCc1cc2c(N3CCN(C(=N)C(F)(F)F)C(=N)C3)nc(OCC(C)NC(=O)OC)nc2s1. The number of alkyl halides is 3. The number of hydrogen-bond acceptors (Lipinski definition) is 9. The molecule has 0 aromatic carbocycles. The molecule has 2 aromatic heterocycles. The monoisotopic (exact) mass is 501 g/mol. The van der Waals surface area contributed by atoms with Crippen LogP contribution in [0.5, 0.6) is 6.01 Å². The number of carbonyl (C=O) groups excluding carboxylic acids is 1. The largest absolute Gasteiger partial charge is 0.461 e. The van der Waals surface area contributed by atoms with Crippen molar-refractivity contribution in [3.05, 3.63) is 10.9 Å². The molecule has 2 aromatic rings. The Morgan fingerprint density at radius 2 is 2.09 bits per heavy atom. The van der Waals surface area contributed by atoms with Crippen LogP contribution in [0.1, 0.15) is 25.1 Å². The lowest BCUT2D eigenvalue weighted by molar-refractivity contribution is -0.0671. The van der Waals surface area contributed by atoms with Gasteiger partial charge >= 0.3 is 18.3 Å². The summed E-state index contributed by atoms with van der Waals surface area (Å²) in [6, 6.07) is 1.62. The van der Waals surface area contributed by atoms with Crippen molar-refractivity contribution in [3.8, 4) is 6.01 Å². The number of carbonyl (C=O) groups is 1. The van der Waals surface area contributed by atoms with Gasteiger partial charge < -0.3 is 24.6 Å². The number of piperazine rings is 1. The van der Waals surface area contributed by atoms with Gasteiger partial charge in [-0.05, 0) is 19.4 Å². The number of amides is 1. The van der Waals surface area contributed by atoms with Gasteiger partial charge in [-0.15, -0.1) is 11.3 Å². The van der Waals surface area contributed by atoms with Crippen LogP contribution in [0.2, 0.25) is 0 Å². The molecule has 3 rings (SSSR count). The Hall–Kier alpha value is -3.16. The zero-order chi connectivity index (χ0) is 25.0. The Morgan fingerprint density at radius 3 is 2.71 bits per heavy atom. The normalized spacial score (nSPS) is 15.4. The summed E-state index contributed by atoms with van der Waals surface area (Å²) in [5.74, 6) is -1.44. The highest BCUT2D eigenvalue weighted by molar-refractivity contribution is 7.18. The van der Waals surface area contributed by atoms with Crippen molar-refractivity contribution in [2.75, 3.05) is 38.3 Å². The lowest BCUT2D eigenvalue weighted by Gasteiger charge is -2.37. The molecular formula is C20H26F3N7O3S. The maximum atomic E-state index is 13.0. The van der Waals surface area contributed by atoms with Gasteiger partial charge in [0.25, 0.3) is 0 Å². The molecular weight excluding hydrogens is 475 g/mol. The molecule has 1 aliphatic rings. The van der Waals surface area contributed by atoms with Crippen LogP contribution in [-0.4, -0.2) is 78.2 Å². The summed E-state index contributed by atoms with van der Waals surface area (Å²) in [5.41, 5.74) is 0. The summed E-state index contributed by atoms with van der Waals surface area (Å²) >= 11 is 1.48. The van der Waals surface area contributed by atoms with E-state index >= 15 is 0 Å². The Bertz CT molecular complexity index is 1080. The first-order chi connectivity index (χ1) is 16.0. The number of anilines is 1. The first-order valence-corrected chi connectivity index (χ1v) is 11.4. The standard InChI is InChI=1S/C20H26F3N7O3S/c1-4-5-12-8-13-15(29-6-7-30(14(24)9-29)17(25)20(21,22)23)27-18(28-16(13)34-12)33-10-11(2)26-19(31)32-3/h8,11,24-25H,4-7,9-10H2,1-3H3,(H,26,31). The summed E-state index contributed by atoms with van der Waals surface area (Å²) in [5, 5.41) is 18.8. The molecule has 1 atom stereocenters. The Balaban J connectivity index is 1.86. The van der Waals surface area contributed by atoms with Crippen molar-refractivity contribution < 1.29 is 27.4 Å². The highest BCUT2D eigenvalue weighted by Gasteiger charge is 2.41. The highest BCUT2D eigenvalue weighted by Crippen LogP contribution is 2.34. The van der Waals surface area contributed by atoms with Crippen LogP contribution in [0.3, 0.4) is 0 Å². The molecule has 0 radical (unpaired) electrons. The number of halogens is 3. The molecule has 3 heterocycles. The van der Waals surface area contributed by atoms with Gasteiger partial charge in [-0.1, -0.05) is 13.3 Å². The van der Waals surface area contributed by atoms with E-state index in [1.807, 2.05) is 6.07 Å². The average molecular weight is 502 g/mol. The van der Waals surface area contributed by atoms with Crippen LogP contribution in [0.25, 0.3) is 10.2 Å². The van der Waals surface area contributed by atoms with Crippen LogP contribution in [-0.2, 0) is 11.2 Å². The molecule has 1 aliphatic heterocycles. The van der Waals surface area contributed by atoms with Crippen molar-refractivity contribution in [3.63, 3.8) is 0 Å². The van der Waals surface area contributed by atoms with E-state index in [2.05, 4.69) is 26.9 Å². The van der Waals surface area contributed by atoms with Gasteiger partial charge in [-0.25, -0.2) is 4.79 Å². The molecule has 0 saturated carbocycles. The second-order valence-corrected chi connectivity index (χ2v) is 8.84. The number of aryl methyl sites for hydroxylation is 1. The Kier molecular flexibility index (Phi) is 7.79.